The maximum atomic E-state index is 9.23. The summed E-state index contributed by atoms with van der Waals surface area (Å²) in [6.07, 6.45) is 11.3. The van der Waals surface area contributed by atoms with Crippen molar-refractivity contribution in [3.63, 3.8) is 0 Å². The summed E-state index contributed by atoms with van der Waals surface area (Å²) in [6.45, 7) is 5.95. The highest BCUT2D eigenvalue weighted by atomic mass is 32.1. The number of aromatic nitrogens is 2. The third kappa shape index (κ3) is 3.54. The summed E-state index contributed by atoms with van der Waals surface area (Å²) < 4.78 is 0. The Bertz CT molecular complexity index is 939. The lowest BCUT2D eigenvalue weighted by molar-refractivity contribution is 0.930. The molecule has 3 nitrogen and oxygen atoms in total. The highest BCUT2D eigenvalue weighted by Crippen LogP contribution is 2.40. The molecule has 0 amide bonds. The molecule has 0 aliphatic heterocycles. The highest BCUT2D eigenvalue weighted by molar-refractivity contribution is 7.15. The van der Waals surface area contributed by atoms with Crippen LogP contribution >= 0.6 is 11.3 Å². The Kier molecular flexibility index (Phi) is 5.80. The van der Waals surface area contributed by atoms with Crippen molar-refractivity contribution in [1.29, 1.82) is 5.26 Å². The molecule has 2 aromatic rings. The van der Waals surface area contributed by atoms with Gasteiger partial charge in [0.25, 0.3) is 0 Å². The molecule has 1 heterocycles. The van der Waals surface area contributed by atoms with Gasteiger partial charge in [0.2, 0.25) is 0 Å². The molecule has 0 bridgehead atoms. The Morgan fingerprint density at radius 3 is 2.73 bits per heavy atom. The summed E-state index contributed by atoms with van der Waals surface area (Å²) in [5.74, 6) is 0. The Hall–Kier alpha value is -2.51. The number of fused-ring (bicyclic) bond motifs is 1. The molecule has 0 spiro atoms. The number of benzene rings is 1. The van der Waals surface area contributed by atoms with E-state index in [0.29, 0.717) is 5.56 Å². The van der Waals surface area contributed by atoms with Crippen molar-refractivity contribution in [3.05, 3.63) is 63.7 Å². The van der Waals surface area contributed by atoms with Crippen LogP contribution in [0.1, 0.15) is 55.7 Å². The van der Waals surface area contributed by atoms with E-state index in [9.17, 15) is 5.26 Å². The number of aryl methyl sites for hydroxylation is 1. The van der Waals surface area contributed by atoms with Gasteiger partial charge >= 0.3 is 0 Å². The lowest BCUT2D eigenvalue weighted by atomic mass is 10.0. The Morgan fingerprint density at radius 2 is 1.92 bits per heavy atom. The number of nitrogens with zero attached hydrogens (tertiary/aromatic N) is 3. The van der Waals surface area contributed by atoms with Crippen LogP contribution in [0.3, 0.4) is 0 Å². The van der Waals surface area contributed by atoms with Gasteiger partial charge < -0.3 is 0 Å². The molecule has 1 aromatic heterocycles. The fraction of sp³-hybridized carbons (Fsp3) is 0.318. The second kappa shape index (κ2) is 8.25. The molecular formula is C22H23N3S. The van der Waals surface area contributed by atoms with E-state index in [4.69, 9.17) is 0 Å². The minimum Gasteiger partial charge on any atom is -0.192 e. The van der Waals surface area contributed by atoms with Crippen molar-refractivity contribution in [1.82, 2.24) is 10.2 Å². The number of rotatable bonds is 2. The van der Waals surface area contributed by atoms with E-state index in [1.165, 1.54) is 29.6 Å². The van der Waals surface area contributed by atoms with Crippen molar-refractivity contribution < 1.29 is 0 Å². The Labute approximate surface area is 159 Å². The molecule has 0 unspecified atom stereocenters. The quantitative estimate of drug-likeness (QED) is 0.636. The van der Waals surface area contributed by atoms with E-state index in [1.54, 1.807) is 11.3 Å². The van der Waals surface area contributed by atoms with Crippen molar-refractivity contribution in [3.8, 4) is 16.6 Å². The largest absolute Gasteiger partial charge is 0.192 e. The molecule has 0 N–H and O–H groups in total. The molecule has 2 aliphatic rings. The summed E-state index contributed by atoms with van der Waals surface area (Å²) in [5.41, 5.74) is 6.80. The molecule has 1 fully saturated rings. The monoisotopic (exact) mass is 361 g/mol. The first-order valence-corrected chi connectivity index (χ1v) is 10.0. The van der Waals surface area contributed by atoms with Crippen LogP contribution in [-0.2, 0) is 0 Å². The van der Waals surface area contributed by atoms with Gasteiger partial charge in [-0.3, -0.25) is 0 Å². The van der Waals surface area contributed by atoms with E-state index in [1.807, 2.05) is 39.0 Å². The zero-order valence-corrected chi connectivity index (χ0v) is 16.4. The van der Waals surface area contributed by atoms with Crippen LogP contribution in [0, 0.1) is 18.3 Å². The molecule has 0 saturated heterocycles. The zero-order valence-electron chi connectivity index (χ0n) is 15.5. The lowest BCUT2D eigenvalue weighted by Crippen LogP contribution is -1.87. The molecule has 0 atom stereocenters. The summed E-state index contributed by atoms with van der Waals surface area (Å²) in [6, 6.07) is 8.14. The molecule has 26 heavy (non-hydrogen) atoms. The average molecular weight is 362 g/mol. The number of hydrogen-bond donors (Lipinski definition) is 0. The van der Waals surface area contributed by atoms with Gasteiger partial charge in [0, 0.05) is 11.1 Å². The van der Waals surface area contributed by atoms with Gasteiger partial charge in [-0.1, -0.05) is 55.5 Å². The summed E-state index contributed by atoms with van der Waals surface area (Å²) >= 11 is 1.61. The fourth-order valence-corrected chi connectivity index (χ4v) is 4.21. The van der Waals surface area contributed by atoms with Gasteiger partial charge in [-0.25, -0.2) is 0 Å². The van der Waals surface area contributed by atoms with Crippen LogP contribution in [0.15, 0.2) is 47.6 Å². The van der Waals surface area contributed by atoms with Crippen LogP contribution in [-0.4, -0.2) is 10.2 Å². The third-order valence-electron chi connectivity index (χ3n) is 4.63. The predicted molar refractivity (Wildman–Crippen MR) is 109 cm³/mol. The molecule has 1 saturated carbocycles. The normalized spacial score (nSPS) is 15.5. The maximum absolute atomic E-state index is 9.23. The third-order valence-corrected chi connectivity index (χ3v) is 5.64. The predicted octanol–water partition coefficient (Wildman–Crippen LogP) is 6.24. The van der Waals surface area contributed by atoms with Crippen LogP contribution in [0.2, 0.25) is 0 Å². The van der Waals surface area contributed by atoms with Gasteiger partial charge in [-0.2, -0.15) is 5.26 Å². The van der Waals surface area contributed by atoms with Gasteiger partial charge in [-0.15, -0.1) is 10.2 Å². The first-order chi connectivity index (χ1) is 12.8. The van der Waals surface area contributed by atoms with Gasteiger partial charge in [-0.05, 0) is 55.4 Å². The Morgan fingerprint density at radius 1 is 1.12 bits per heavy atom. The summed E-state index contributed by atoms with van der Waals surface area (Å²) in [4.78, 5) is 0. The zero-order chi connectivity index (χ0) is 18.5. The fourth-order valence-electron chi connectivity index (χ4n) is 3.32. The van der Waals surface area contributed by atoms with Gasteiger partial charge in [0.1, 0.15) is 10.0 Å². The number of hydrogen-bond acceptors (Lipinski definition) is 4. The number of nitriles is 1. The highest BCUT2D eigenvalue weighted by Gasteiger charge is 2.21. The molecule has 132 valence electrons. The summed E-state index contributed by atoms with van der Waals surface area (Å²) in [5, 5.41) is 19.9. The van der Waals surface area contributed by atoms with Gasteiger partial charge in [0.15, 0.2) is 0 Å². The van der Waals surface area contributed by atoms with E-state index < -0.39 is 0 Å². The second-order valence-corrected chi connectivity index (χ2v) is 7.14. The molecule has 2 aliphatic carbocycles. The topological polar surface area (TPSA) is 49.6 Å². The lowest BCUT2D eigenvalue weighted by Gasteiger charge is -2.04. The second-order valence-electron chi connectivity index (χ2n) is 6.17. The van der Waals surface area contributed by atoms with Crippen molar-refractivity contribution in [2.45, 2.75) is 46.5 Å². The van der Waals surface area contributed by atoms with E-state index >= 15 is 0 Å². The molecule has 4 rings (SSSR count). The van der Waals surface area contributed by atoms with Gasteiger partial charge in [0.05, 0.1) is 11.6 Å². The minimum atomic E-state index is 0.696. The Balaban J connectivity index is 0.000000948. The number of allylic oxidation sites excluding steroid dienone is 6. The first-order valence-electron chi connectivity index (χ1n) is 9.20. The molecular weight excluding hydrogens is 338 g/mol. The maximum Gasteiger partial charge on any atom is 0.148 e. The standard InChI is InChI=1S/C20H17N3S.C2H6/c1-13-9-10-15(11-16(13)12-21)19-22-23-20(24-19)18-7-3-2-5-14-6-4-8-17(14)18;1-2/h3,5,7,9-11H,2,4,6,8H2,1H3;1-2H3. The van der Waals surface area contributed by atoms with Crippen LogP contribution in [0.25, 0.3) is 16.1 Å². The molecule has 0 radical (unpaired) electrons. The SMILES string of the molecule is CC.Cc1ccc(-c2nnc(C3=C4CCCC4=CCC=C3)s2)cc1C#N. The summed E-state index contributed by atoms with van der Waals surface area (Å²) in [7, 11) is 0. The van der Waals surface area contributed by atoms with Crippen molar-refractivity contribution >= 4 is 16.9 Å². The average Bonchev–Trinajstić information content (AvgIpc) is 3.31. The van der Waals surface area contributed by atoms with Crippen molar-refractivity contribution in [2.24, 2.45) is 0 Å². The molecule has 4 heteroatoms. The van der Waals surface area contributed by atoms with Crippen LogP contribution in [0.4, 0.5) is 0 Å². The first kappa shape index (κ1) is 18.3. The minimum absolute atomic E-state index is 0.696. The van der Waals surface area contributed by atoms with E-state index in [2.05, 4.69) is 34.5 Å². The van der Waals surface area contributed by atoms with Crippen molar-refractivity contribution in [2.75, 3.05) is 0 Å². The van der Waals surface area contributed by atoms with E-state index in [-0.39, 0.29) is 0 Å². The van der Waals surface area contributed by atoms with E-state index in [0.717, 1.165) is 34.0 Å². The molecule has 1 aromatic carbocycles. The van der Waals surface area contributed by atoms with Crippen LogP contribution in [0.5, 0.6) is 0 Å². The van der Waals surface area contributed by atoms with Crippen LogP contribution < -0.4 is 0 Å². The smallest absolute Gasteiger partial charge is 0.148 e.